The second-order valence-electron chi connectivity index (χ2n) is 3.68. The summed E-state index contributed by atoms with van der Waals surface area (Å²) in [5.74, 6) is -0.463. The molecule has 1 aliphatic rings. The number of hydrogen-bond donors (Lipinski definition) is 0. The van der Waals surface area contributed by atoms with Gasteiger partial charge in [0, 0.05) is 19.9 Å². The third kappa shape index (κ3) is 2.44. The molecule has 1 unspecified atom stereocenters. The van der Waals surface area contributed by atoms with Gasteiger partial charge in [-0.1, -0.05) is 0 Å². The Bertz CT molecular complexity index is 382. The molecule has 0 radical (unpaired) electrons. The number of nitrogens with zero attached hydrogens (tertiary/aromatic N) is 3. The summed E-state index contributed by atoms with van der Waals surface area (Å²) in [6.07, 6.45) is 2.76. The third-order valence-corrected chi connectivity index (χ3v) is 2.46. The van der Waals surface area contributed by atoms with Crippen molar-refractivity contribution in [3.05, 3.63) is 18.2 Å². The predicted octanol–water partition coefficient (Wildman–Crippen LogP) is 0.615. The molecule has 1 aliphatic heterocycles. The molecule has 0 aliphatic carbocycles. The molecule has 1 aromatic heterocycles. The summed E-state index contributed by atoms with van der Waals surface area (Å²) in [7, 11) is 0. The van der Waals surface area contributed by atoms with Crippen molar-refractivity contribution in [3.8, 4) is 6.01 Å². The molecule has 6 heteroatoms. The summed E-state index contributed by atoms with van der Waals surface area (Å²) < 4.78 is 18.0. The van der Waals surface area contributed by atoms with Crippen LogP contribution in [0.5, 0.6) is 6.01 Å². The van der Waals surface area contributed by atoms with Crippen molar-refractivity contribution < 1.29 is 13.9 Å². The van der Waals surface area contributed by atoms with Crippen LogP contribution in [0.2, 0.25) is 0 Å². The van der Waals surface area contributed by atoms with Crippen LogP contribution in [0.4, 0.5) is 4.39 Å². The van der Waals surface area contributed by atoms with E-state index in [0.29, 0.717) is 13.1 Å². The molecule has 0 aromatic carbocycles. The van der Waals surface area contributed by atoms with Crippen molar-refractivity contribution in [3.63, 3.8) is 0 Å². The molecule has 0 bridgehead atoms. The Morgan fingerprint density at radius 1 is 1.56 bits per heavy atom. The molecule has 0 spiro atoms. The lowest BCUT2D eigenvalue weighted by Gasteiger charge is -2.14. The fraction of sp³-hybridized carbons (Fsp3) is 0.500. The fourth-order valence-electron chi connectivity index (χ4n) is 1.62. The van der Waals surface area contributed by atoms with Crippen molar-refractivity contribution in [2.45, 2.75) is 19.4 Å². The molecular formula is C10H12FN3O2. The maximum absolute atomic E-state index is 12.5. The third-order valence-electron chi connectivity index (χ3n) is 2.46. The smallest absolute Gasteiger partial charge is 0.316 e. The highest BCUT2D eigenvalue weighted by molar-refractivity contribution is 5.73. The zero-order valence-electron chi connectivity index (χ0n) is 8.89. The number of rotatable bonds is 2. The van der Waals surface area contributed by atoms with Gasteiger partial charge >= 0.3 is 6.01 Å². The van der Waals surface area contributed by atoms with Gasteiger partial charge < -0.3 is 9.64 Å². The van der Waals surface area contributed by atoms with Gasteiger partial charge in [-0.2, -0.15) is 0 Å². The number of carbonyl (C=O) groups is 1. The Morgan fingerprint density at radius 3 is 2.81 bits per heavy atom. The number of likely N-dealkylation sites (tertiary alicyclic amines) is 1. The average Bonchev–Trinajstić information content (AvgIpc) is 2.70. The topological polar surface area (TPSA) is 55.3 Å². The maximum Gasteiger partial charge on any atom is 0.316 e. The molecule has 1 amide bonds. The number of halogens is 1. The minimum Gasteiger partial charge on any atom is -0.458 e. The number of ether oxygens (including phenoxy) is 1. The van der Waals surface area contributed by atoms with Crippen LogP contribution in [0.15, 0.2) is 12.4 Å². The van der Waals surface area contributed by atoms with Gasteiger partial charge in [0.1, 0.15) is 6.10 Å². The van der Waals surface area contributed by atoms with E-state index < -0.39 is 5.82 Å². The van der Waals surface area contributed by atoms with E-state index in [1.807, 2.05) is 0 Å². The van der Waals surface area contributed by atoms with Crippen LogP contribution >= 0.6 is 0 Å². The molecule has 2 heterocycles. The first kappa shape index (κ1) is 10.8. The van der Waals surface area contributed by atoms with E-state index in [1.165, 1.54) is 6.92 Å². The maximum atomic E-state index is 12.5. The standard InChI is InChI=1S/C10H12FN3O2/c1-7(15)14-3-2-9(6-14)16-10-12-4-8(11)5-13-10/h4-5,9H,2-3,6H2,1H3. The van der Waals surface area contributed by atoms with Crippen LogP contribution in [0.1, 0.15) is 13.3 Å². The van der Waals surface area contributed by atoms with Crippen molar-refractivity contribution >= 4 is 5.91 Å². The number of hydrogen-bond acceptors (Lipinski definition) is 4. The van der Waals surface area contributed by atoms with Gasteiger partial charge in [0.2, 0.25) is 5.91 Å². The number of carbonyl (C=O) groups excluding carboxylic acids is 1. The lowest BCUT2D eigenvalue weighted by Crippen LogP contribution is -2.28. The van der Waals surface area contributed by atoms with Gasteiger partial charge in [-0.25, -0.2) is 14.4 Å². The van der Waals surface area contributed by atoms with Gasteiger partial charge in [-0.3, -0.25) is 4.79 Å². The van der Waals surface area contributed by atoms with Crippen LogP contribution in [-0.2, 0) is 4.79 Å². The molecule has 16 heavy (non-hydrogen) atoms. The molecule has 1 aromatic rings. The van der Waals surface area contributed by atoms with Crippen LogP contribution in [0.3, 0.4) is 0 Å². The first-order valence-corrected chi connectivity index (χ1v) is 5.05. The molecule has 2 rings (SSSR count). The molecule has 5 nitrogen and oxygen atoms in total. The van der Waals surface area contributed by atoms with Crippen LogP contribution in [0.25, 0.3) is 0 Å². The van der Waals surface area contributed by atoms with Crippen LogP contribution < -0.4 is 4.74 Å². The first-order valence-electron chi connectivity index (χ1n) is 5.05. The van der Waals surface area contributed by atoms with E-state index >= 15 is 0 Å². The van der Waals surface area contributed by atoms with Gasteiger partial charge in [0.05, 0.1) is 18.9 Å². The predicted molar refractivity (Wildman–Crippen MR) is 53.3 cm³/mol. The van der Waals surface area contributed by atoms with E-state index in [-0.39, 0.29) is 18.0 Å². The molecule has 86 valence electrons. The Hall–Kier alpha value is -1.72. The highest BCUT2D eigenvalue weighted by Gasteiger charge is 2.26. The zero-order chi connectivity index (χ0) is 11.5. The second-order valence-corrected chi connectivity index (χ2v) is 3.68. The van der Waals surface area contributed by atoms with Gasteiger partial charge in [0.25, 0.3) is 0 Å². The van der Waals surface area contributed by atoms with Crippen molar-refractivity contribution in [1.29, 1.82) is 0 Å². The summed E-state index contributed by atoms with van der Waals surface area (Å²) in [5, 5.41) is 0. The highest BCUT2D eigenvalue weighted by atomic mass is 19.1. The lowest BCUT2D eigenvalue weighted by atomic mass is 10.3. The van der Waals surface area contributed by atoms with Gasteiger partial charge in [-0.05, 0) is 0 Å². The molecule has 1 saturated heterocycles. The van der Waals surface area contributed by atoms with Gasteiger partial charge in [-0.15, -0.1) is 0 Å². The van der Waals surface area contributed by atoms with Crippen molar-refractivity contribution in [2.24, 2.45) is 0 Å². The molecule has 1 atom stereocenters. The summed E-state index contributed by atoms with van der Waals surface area (Å²) in [6.45, 7) is 2.74. The van der Waals surface area contributed by atoms with Gasteiger partial charge in [0.15, 0.2) is 5.82 Å². The zero-order valence-corrected chi connectivity index (χ0v) is 8.89. The molecule has 1 fully saturated rings. The lowest BCUT2D eigenvalue weighted by molar-refractivity contribution is -0.128. The first-order chi connectivity index (χ1) is 7.65. The van der Waals surface area contributed by atoms with E-state index in [1.54, 1.807) is 4.90 Å². The normalized spacial score (nSPS) is 19.9. The van der Waals surface area contributed by atoms with E-state index in [4.69, 9.17) is 4.74 Å². The Kier molecular flexibility index (Phi) is 2.98. The SMILES string of the molecule is CC(=O)N1CCC(Oc2ncc(F)cn2)C1. The molecule has 0 N–H and O–H groups in total. The second kappa shape index (κ2) is 4.42. The summed E-state index contributed by atoms with van der Waals surface area (Å²) in [4.78, 5) is 20.2. The Labute approximate surface area is 92.3 Å². The van der Waals surface area contributed by atoms with Crippen LogP contribution in [-0.4, -0.2) is 40.0 Å². The minimum absolute atomic E-state index is 0.0334. The summed E-state index contributed by atoms with van der Waals surface area (Å²) in [6, 6.07) is 0.150. The average molecular weight is 225 g/mol. The fourth-order valence-corrected chi connectivity index (χ4v) is 1.62. The van der Waals surface area contributed by atoms with Crippen LogP contribution in [0, 0.1) is 5.82 Å². The summed E-state index contributed by atoms with van der Waals surface area (Å²) >= 11 is 0. The Morgan fingerprint density at radius 2 is 2.25 bits per heavy atom. The highest BCUT2D eigenvalue weighted by Crippen LogP contribution is 2.14. The van der Waals surface area contributed by atoms with E-state index in [9.17, 15) is 9.18 Å². The van der Waals surface area contributed by atoms with Crippen molar-refractivity contribution in [1.82, 2.24) is 14.9 Å². The summed E-state index contributed by atoms with van der Waals surface area (Å²) in [5.41, 5.74) is 0. The molecular weight excluding hydrogens is 213 g/mol. The largest absolute Gasteiger partial charge is 0.458 e. The quantitative estimate of drug-likeness (QED) is 0.740. The minimum atomic E-state index is -0.496. The number of amides is 1. The monoisotopic (exact) mass is 225 g/mol. The van der Waals surface area contributed by atoms with E-state index in [2.05, 4.69) is 9.97 Å². The Balaban J connectivity index is 1.92. The molecule has 0 saturated carbocycles. The number of aromatic nitrogens is 2. The van der Waals surface area contributed by atoms with Crippen molar-refractivity contribution in [2.75, 3.05) is 13.1 Å². The van der Waals surface area contributed by atoms with E-state index in [0.717, 1.165) is 18.8 Å².